The van der Waals surface area contributed by atoms with Crippen LogP contribution in [0.3, 0.4) is 0 Å². The van der Waals surface area contributed by atoms with E-state index >= 15 is 0 Å². The predicted octanol–water partition coefficient (Wildman–Crippen LogP) is 3.70. The van der Waals surface area contributed by atoms with Gasteiger partial charge in [-0.1, -0.05) is 43.1 Å². The van der Waals surface area contributed by atoms with Gasteiger partial charge in [-0.05, 0) is 37.8 Å². The third-order valence-corrected chi connectivity index (χ3v) is 7.39. The van der Waals surface area contributed by atoms with Gasteiger partial charge in [-0.3, -0.25) is 4.79 Å². The van der Waals surface area contributed by atoms with Crippen molar-refractivity contribution < 1.29 is 13.2 Å². The van der Waals surface area contributed by atoms with E-state index in [1.165, 1.54) is 4.31 Å². The minimum Gasteiger partial charge on any atom is -0.353 e. The van der Waals surface area contributed by atoms with Crippen molar-refractivity contribution in [1.82, 2.24) is 9.62 Å². The highest BCUT2D eigenvalue weighted by Crippen LogP contribution is 2.29. The molecule has 26 heavy (non-hydrogen) atoms. The number of amides is 1. The Morgan fingerprint density at radius 2 is 1.88 bits per heavy atom. The van der Waals surface area contributed by atoms with Crippen LogP contribution in [0.15, 0.2) is 18.2 Å². The van der Waals surface area contributed by atoms with Gasteiger partial charge in [0.05, 0.1) is 11.7 Å². The summed E-state index contributed by atoms with van der Waals surface area (Å²) >= 11 is 12.2. The standard InChI is InChI=1S/C18H26Cl2N2O3S/c1-12(2)13(3)21-18(23)14-6-5-9-22(10-14)26(24,25)11-15-16(19)7-4-8-17(15)20/h4,7-8,12-14H,5-6,9-11H2,1-3H3,(H,21,23)/t13-,14+/m0/s1. The average molecular weight is 421 g/mol. The van der Waals surface area contributed by atoms with Gasteiger partial charge in [0.1, 0.15) is 0 Å². The van der Waals surface area contributed by atoms with E-state index in [1.54, 1.807) is 18.2 Å². The molecule has 0 saturated carbocycles. The molecule has 146 valence electrons. The molecule has 5 nitrogen and oxygen atoms in total. The van der Waals surface area contributed by atoms with E-state index in [1.807, 2.05) is 20.8 Å². The molecule has 0 spiro atoms. The van der Waals surface area contributed by atoms with E-state index in [9.17, 15) is 13.2 Å². The number of halogens is 2. The Balaban J connectivity index is 2.09. The van der Waals surface area contributed by atoms with Gasteiger partial charge in [-0.15, -0.1) is 0 Å². The number of carbonyl (C=O) groups excluding carboxylic acids is 1. The first kappa shape index (κ1) is 21.5. The van der Waals surface area contributed by atoms with Crippen LogP contribution >= 0.6 is 23.2 Å². The smallest absolute Gasteiger partial charge is 0.224 e. The quantitative estimate of drug-likeness (QED) is 0.762. The van der Waals surface area contributed by atoms with Crippen LogP contribution in [0.4, 0.5) is 0 Å². The maximum atomic E-state index is 12.8. The van der Waals surface area contributed by atoms with E-state index in [-0.39, 0.29) is 30.2 Å². The van der Waals surface area contributed by atoms with Crippen molar-refractivity contribution in [3.05, 3.63) is 33.8 Å². The second-order valence-electron chi connectivity index (χ2n) is 7.19. The second kappa shape index (κ2) is 8.91. The predicted molar refractivity (Wildman–Crippen MR) is 106 cm³/mol. The molecule has 0 bridgehead atoms. The third kappa shape index (κ3) is 5.35. The summed E-state index contributed by atoms with van der Waals surface area (Å²) < 4.78 is 27.1. The number of carbonyl (C=O) groups is 1. The molecule has 1 heterocycles. The van der Waals surface area contributed by atoms with Crippen molar-refractivity contribution in [2.24, 2.45) is 11.8 Å². The normalized spacial score (nSPS) is 20.2. The molecule has 1 aliphatic heterocycles. The lowest BCUT2D eigenvalue weighted by atomic mass is 9.97. The molecule has 2 atom stereocenters. The van der Waals surface area contributed by atoms with Crippen molar-refractivity contribution in [2.45, 2.75) is 45.4 Å². The number of rotatable bonds is 6. The highest BCUT2D eigenvalue weighted by Gasteiger charge is 2.33. The summed E-state index contributed by atoms with van der Waals surface area (Å²) in [7, 11) is -3.61. The number of hydrogen-bond acceptors (Lipinski definition) is 3. The molecule has 1 amide bonds. The van der Waals surface area contributed by atoms with Crippen LogP contribution in [0.2, 0.25) is 10.0 Å². The first-order chi connectivity index (χ1) is 12.1. The van der Waals surface area contributed by atoms with Crippen molar-refractivity contribution in [1.29, 1.82) is 0 Å². The van der Waals surface area contributed by atoms with E-state index in [0.717, 1.165) is 0 Å². The third-order valence-electron chi connectivity index (χ3n) is 4.91. The molecule has 8 heteroatoms. The fourth-order valence-corrected chi connectivity index (χ4v) is 5.22. The van der Waals surface area contributed by atoms with Crippen LogP contribution < -0.4 is 5.32 Å². The number of nitrogens with zero attached hydrogens (tertiary/aromatic N) is 1. The molecule has 0 unspecified atom stereocenters. The van der Waals surface area contributed by atoms with E-state index in [2.05, 4.69) is 5.32 Å². The zero-order valence-corrected chi connectivity index (χ0v) is 17.7. The van der Waals surface area contributed by atoms with Gasteiger partial charge in [0, 0.05) is 34.7 Å². The van der Waals surface area contributed by atoms with Crippen LogP contribution in [-0.4, -0.2) is 37.8 Å². The van der Waals surface area contributed by atoms with Gasteiger partial charge in [-0.2, -0.15) is 0 Å². The summed E-state index contributed by atoms with van der Waals surface area (Å²) in [6, 6.07) is 4.98. The summed E-state index contributed by atoms with van der Waals surface area (Å²) in [5.74, 6) is -0.351. The van der Waals surface area contributed by atoms with Crippen LogP contribution in [0, 0.1) is 11.8 Å². The van der Waals surface area contributed by atoms with Crippen LogP contribution in [0.5, 0.6) is 0 Å². The molecule has 1 N–H and O–H groups in total. The van der Waals surface area contributed by atoms with Gasteiger partial charge < -0.3 is 5.32 Å². The Bertz CT molecular complexity index is 733. The average Bonchev–Trinajstić information content (AvgIpc) is 2.58. The summed E-state index contributed by atoms with van der Waals surface area (Å²) in [5.41, 5.74) is 0.399. The Hall–Kier alpha value is -0.820. The molecular formula is C18H26Cl2N2O3S. The first-order valence-corrected chi connectivity index (χ1v) is 11.2. The van der Waals surface area contributed by atoms with E-state index in [0.29, 0.717) is 40.9 Å². The second-order valence-corrected chi connectivity index (χ2v) is 9.98. The van der Waals surface area contributed by atoms with Gasteiger partial charge >= 0.3 is 0 Å². The lowest BCUT2D eigenvalue weighted by Crippen LogP contribution is -2.48. The molecule has 1 aliphatic rings. The lowest BCUT2D eigenvalue weighted by Gasteiger charge is -2.32. The van der Waals surface area contributed by atoms with Gasteiger partial charge in [-0.25, -0.2) is 12.7 Å². The Morgan fingerprint density at radius 3 is 2.46 bits per heavy atom. The van der Waals surface area contributed by atoms with Crippen molar-refractivity contribution in [3.63, 3.8) is 0 Å². The highest BCUT2D eigenvalue weighted by molar-refractivity contribution is 7.88. The number of benzene rings is 1. The molecular weight excluding hydrogens is 395 g/mol. The first-order valence-electron chi connectivity index (χ1n) is 8.83. The number of nitrogens with one attached hydrogen (secondary N) is 1. The van der Waals surface area contributed by atoms with Gasteiger partial charge in [0.25, 0.3) is 0 Å². The fourth-order valence-electron chi connectivity index (χ4n) is 2.86. The molecule has 1 saturated heterocycles. The SMILES string of the molecule is CC(C)[C@H](C)NC(=O)[C@@H]1CCCN(S(=O)(=O)Cc2c(Cl)cccc2Cl)C1. The van der Waals surface area contributed by atoms with Crippen LogP contribution in [0.25, 0.3) is 0 Å². The maximum Gasteiger partial charge on any atom is 0.224 e. The van der Waals surface area contributed by atoms with Crippen LogP contribution in [0.1, 0.15) is 39.2 Å². The van der Waals surface area contributed by atoms with Gasteiger partial charge in [0.15, 0.2) is 0 Å². The summed E-state index contributed by atoms with van der Waals surface area (Å²) in [6.45, 7) is 6.64. The molecule has 2 rings (SSSR count). The monoisotopic (exact) mass is 420 g/mol. The highest BCUT2D eigenvalue weighted by atomic mass is 35.5. The number of piperidine rings is 1. The molecule has 1 fully saturated rings. The summed E-state index contributed by atoms with van der Waals surface area (Å²) in [6.07, 6.45) is 1.35. The molecule has 0 aromatic heterocycles. The molecule has 1 aromatic carbocycles. The van der Waals surface area contributed by atoms with E-state index < -0.39 is 10.0 Å². The maximum absolute atomic E-state index is 12.8. The molecule has 0 radical (unpaired) electrons. The minimum atomic E-state index is -3.61. The van der Waals surface area contributed by atoms with Crippen molar-refractivity contribution >= 4 is 39.1 Å². The summed E-state index contributed by atoms with van der Waals surface area (Å²) in [5, 5.41) is 3.65. The number of sulfonamides is 1. The zero-order valence-electron chi connectivity index (χ0n) is 15.3. The Labute approximate surface area is 166 Å². The lowest BCUT2D eigenvalue weighted by molar-refractivity contribution is -0.127. The van der Waals surface area contributed by atoms with Crippen molar-refractivity contribution in [3.8, 4) is 0 Å². The fraction of sp³-hybridized carbons (Fsp3) is 0.611. The summed E-state index contributed by atoms with van der Waals surface area (Å²) in [4.78, 5) is 12.5. The molecule has 1 aromatic rings. The Kier molecular flexibility index (Phi) is 7.36. The zero-order chi connectivity index (χ0) is 19.5. The molecule has 0 aliphatic carbocycles. The largest absolute Gasteiger partial charge is 0.353 e. The Morgan fingerprint density at radius 1 is 1.27 bits per heavy atom. The van der Waals surface area contributed by atoms with Gasteiger partial charge in [0.2, 0.25) is 15.9 Å². The number of hydrogen-bond donors (Lipinski definition) is 1. The van der Waals surface area contributed by atoms with Crippen LogP contribution in [-0.2, 0) is 20.6 Å². The van der Waals surface area contributed by atoms with Crippen molar-refractivity contribution in [2.75, 3.05) is 13.1 Å². The topological polar surface area (TPSA) is 66.5 Å². The minimum absolute atomic E-state index is 0.0522. The van der Waals surface area contributed by atoms with E-state index in [4.69, 9.17) is 23.2 Å².